The first-order chi connectivity index (χ1) is 12.7. The molecule has 0 spiro atoms. The van der Waals surface area contributed by atoms with Gasteiger partial charge >= 0.3 is 5.97 Å². The average Bonchev–Trinajstić information content (AvgIpc) is 3.14. The van der Waals surface area contributed by atoms with Gasteiger partial charge in [0.05, 0.1) is 5.92 Å². The average molecular weight is 356 g/mol. The highest BCUT2D eigenvalue weighted by Crippen LogP contribution is 2.32. The van der Waals surface area contributed by atoms with Gasteiger partial charge in [-0.3, -0.25) is 4.79 Å². The summed E-state index contributed by atoms with van der Waals surface area (Å²) in [6.45, 7) is 2.25. The first kappa shape index (κ1) is 16.4. The zero-order valence-corrected chi connectivity index (χ0v) is 14.2. The highest BCUT2D eigenvalue weighted by Gasteiger charge is 2.25. The highest BCUT2D eigenvalue weighted by molar-refractivity contribution is 5.70. The van der Waals surface area contributed by atoms with Crippen LogP contribution >= 0.6 is 0 Å². The first-order valence-corrected chi connectivity index (χ1v) is 8.61. The van der Waals surface area contributed by atoms with E-state index in [1.165, 1.54) is 6.33 Å². The number of anilines is 2. The van der Waals surface area contributed by atoms with Crippen LogP contribution in [-0.2, 0) is 11.3 Å². The van der Waals surface area contributed by atoms with Crippen LogP contribution in [0.15, 0.2) is 30.6 Å². The van der Waals surface area contributed by atoms with E-state index in [2.05, 4.69) is 20.2 Å². The molecule has 2 aliphatic rings. The summed E-state index contributed by atoms with van der Waals surface area (Å²) >= 11 is 0. The molecule has 8 heteroatoms. The summed E-state index contributed by atoms with van der Waals surface area (Å²) in [5, 5.41) is 12.4. The van der Waals surface area contributed by atoms with E-state index in [1.54, 1.807) is 0 Å². The minimum absolute atomic E-state index is 0.253. The van der Waals surface area contributed by atoms with Gasteiger partial charge in [-0.15, -0.1) is 0 Å². The van der Waals surface area contributed by atoms with Gasteiger partial charge in [0, 0.05) is 25.7 Å². The third kappa shape index (κ3) is 3.49. The molecule has 8 nitrogen and oxygen atoms in total. The number of ether oxygens (including phenoxy) is 2. The van der Waals surface area contributed by atoms with Crippen LogP contribution in [0.4, 0.5) is 11.6 Å². The van der Waals surface area contributed by atoms with Crippen LogP contribution in [0.3, 0.4) is 0 Å². The van der Waals surface area contributed by atoms with Crippen LogP contribution in [0.1, 0.15) is 18.4 Å². The van der Waals surface area contributed by atoms with E-state index in [0.29, 0.717) is 32.5 Å². The zero-order chi connectivity index (χ0) is 17.9. The van der Waals surface area contributed by atoms with Gasteiger partial charge in [0.2, 0.25) is 6.79 Å². The summed E-state index contributed by atoms with van der Waals surface area (Å²) in [6, 6.07) is 7.73. The molecule has 0 bridgehead atoms. The van der Waals surface area contributed by atoms with E-state index in [9.17, 15) is 4.79 Å². The number of piperidine rings is 1. The van der Waals surface area contributed by atoms with Crippen LogP contribution in [-0.4, -0.2) is 40.9 Å². The standard InChI is InChI=1S/C18H20N4O4/c23-18(24)13-3-5-22(6-4-13)17-8-16(20-10-21-17)19-9-12-1-2-14-15(7-12)26-11-25-14/h1-2,7-8,10,13H,3-6,9,11H2,(H,23,24)(H,19,20,21). The first-order valence-electron chi connectivity index (χ1n) is 8.61. The molecule has 0 amide bonds. The molecule has 2 N–H and O–H groups in total. The number of aliphatic carboxylic acids is 1. The Kier molecular flexibility index (Phi) is 4.47. The molecule has 4 rings (SSSR count). The number of fused-ring (bicyclic) bond motifs is 1. The fraction of sp³-hybridized carbons (Fsp3) is 0.389. The molecule has 1 aromatic carbocycles. The van der Waals surface area contributed by atoms with Gasteiger partial charge in [0.15, 0.2) is 11.5 Å². The molecule has 1 fully saturated rings. The number of aromatic nitrogens is 2. The molecular formula is C18H20N4O4. The van der Waals surface area contributed by atoms with Crippen molar-refractivity contribution < 1.29 is 19.4 Å². The normalized spacial score (nSPS) is 16.5. The molecule has 0 unspecified atom stereocenters. The van der Waals surface area contributed by atoms with Crippen molar-refractivity contribution in [1.82, 2.24) is 9.97 Å². The Bertz CT molecular complexity index is 806. The van der Waals surface area contributed by atoms with Crippen LogP contribution in [0, 0.1) is 5.92 Å². The molecule has 0 aliphatic carbocycles. The van der Waals surface area contributed by atoms with Crippen LogP contribution in [0.25, 0.3) is 0 Å². The smallest absolute Gasteiger partial charge is 0.306 e. The monoisotopic (exact) mass is 356 g/mol. The molecule has 1 aromatic heterocycles. The number of hydrogen-bond donors (Lipinski definition) is 2. The van der Waals surface area contributed by atoms with Crippen molar-refractivity contribution in [3.05, 3.63) is 36.2 Å². The highest BCUT2D eigenvalue weighted by atomic mass is 16.7. The van der Waals surface area contributed by atoms with Crippen molar-refractivity contribution in [2.45, 2.75) is 19.4 Å². The molecular weight excluding hydrogens is 336 g/mol. The van der Waals surface area contributed by atoms with Gasteiger partial charge in [-0.05, 0) is 30.5 Å². The number of nitrogens with one attached hydrogen (secondary N) is 1. The lowest BCUT2D eigenvalue weighted by atomic mass is 9.97. The zero-order valence-electron chi connectivity index (χ0n) is 14.2. The number of hydrogen-bond acceptors (Lipinski definition) is 7. The molecule has 26 heavy (non-hydrogen) atoms. The number of carbonyl (C=O) groups is 1. The maximum atomic E-state index is 11.1. The van der Waals surface area contributed by atoms with Gasteiger partial charge in [-0.2, -0.15) is 0 Å². The summed E-state index contributed by atoms with van der Waals surface area (Å²) in [6.07, 6.45) is 2.80. The fourth-order valence-electron chi connectivity index (χ4n) is 3.22. The number of nitrogens with zero attached hydrogens (tertiary/aromatic N) is 3. The molecule has 0 saturated carbocycles. The van der Waals surface area contributed by atoms with Crippen molar-refractivity contribution >= 4 is 17.6 Å². The predicted octanol–water partition coefficient (Wildman–Crippen LogP) is 2.12. The molecule has 2 aromatic rings. The van der Waals surface area contributed by atoms with Crippen LogP contribution in [0.2, 0.25) is 0 Å². The summed E-state index contributed by atoms with van der Waals surface area (Å²) in [4.78, 5) is 21.8. The van der Waals surface area contributed by atoms with E-state index in [0.717, 1.165) is 28.7 Å². The van der Waals surface area contributed by atoms with E-state index in [1.807, 2.05) is 24.3 Å². The Morgan fingerprint density at radius 2 is 2.00 bits per heavy atom. The summed E-state index contributed by atoms with van der Waals surface area (Å²) in [7, 11) is 0. The van der Waals surface area contributed by atoms with Crippen molar-refractivity contribution in [2.24, 2.45) is 5.92 Å². The predicted molar refractivity (Wildman–Crippen MR) is 94.5 cm³/mol. The second-order valence-electron chi connectivity index (χ2n) is 6.40. The minimum atomic E-state index is -0.710. The Balaban J connectivity index is 1.38. The minimum Gasteiger partial charge on any atom is -0.481 e. The third-order valence-corrected chi connectivity index (χ3v) is 4.73. The van der Waals surface area contributed by atoms with Gasteiger partial charge in [-0.1, -0.05) is 6.07 Å². The van der Waals surface area contributed by atoms with Gasteiger partial charge < -0.3 is 24.8 Å². The van der Waals surface area contributed by atoms with Gasteiger partial charge in [-0.25, -0.2) is 9.97 Å². The molecule has 0 radical (unpaired) electrons. The van der Waals surface area contributed by atoms with E-state index in [4.69, 9.17) is 14.6 Å². The van der Waals surface area contributed by atoms with Crippen LogP contribution < -0.4 is 19.7 Å². The summed E-state index contributed by atoms with van der Waals surface area (Å²) in [5.41, 5.74) is 1.07. The number of carboxylic acid groups (broad SMARTS) is 1. The van der Waals surface area contributed by atoms with E-state index in [-0.39, 0.29) is 12.7 Å². The van der Waals surface area contributed by atoms with Gasteiger partial charge in [0.1, 0.15) is 18.0 Å². The third-order valence-electron chi connectivity index (χ3n) is 4.73. The molecule has 2 aliphatic heterocycles. The number of carboxylic acids is 1. The topological polar surface area (TPSA) is 96.8 Å². The van der Waals surface area contributed by atoms with Crippen molar-refractivity contribution in [2.75, 3.05) is 30.1 Å². The Labute approximate surface area is 150 Å². The maximum absolute atomic E-state index is 11.1. The SMILES string of the molecule is O=C(O)C1CCN(c2cc(NCc3ccc4c(c3)OCO4)ncn2)CC1. The molecule has 1 saturated heterocycles. The lowest BCUT2D eigenvalue weighted by Crippen LogP contribution is -2.36. The van der Waals surface area contributed by atoms with Crippen molar-refractivity contribution in [1.29, 1.82) is 0 Å². The quantitative estimate of drug-likeness (QED) is 0.841. The Morgan fingerprint density at radius 3 is 2.81 bits per heavy atom. The Hall–Kier alpha value is -3.03. The largest absolute Gasteiger partial charge is 0.481 e. The second kappa shape index (κ2) is 7.07. The summed E-state index contributed by atoms with van der Waals surface area (Å²) in [5.74, 6) is 2.11. The maximum Gasteiger partial charge on any atom is 0.306 e. The second-order valence-corrected chi connectivity index (χ2v) is 6.40. The van der Waals surface area contributed by atoms with E-state index >= 15 is 0 Å². The molecule has 136 valence electrons. The Morgan fingerprint density at radius 1 is 1.19 bits per heavy atom. The van der Waals surface area contributed by atoms with Crippen molar-refractivity contribution in [3.63, 3.8) is 0 Å². The molecule has 0 atom stereocenters. The lowest BCUT2D eigenvalue weighted by Gasteiger charge is -2.31. The van der Waals surface area contributed by atoms with Gasteiger partial charge in [0.25, 0.3) is 0 Å². The fourth-order valence-corrected chi connectivity index (χ4v) is 3.22. The van der Waals surface area contributed by atoms with Crippen molar-refractivity contribution in [3.8, 4) is 11.5 Å². The van der Waals surface area contributed by atoms with E-state index < -0.39 is 5.97 Å². The number of rotatable bonds is 5. The molecule has 3 heterocycles. The number of benzene rings is 1. The lowest BCUT2D eigenvalue weighted by molar-refractivity contribution is -0.142. The van der Waals surface area contributed by atoms with Crippen LogP contribution in [0.5, 0.6) is 11.5 Å². The summed E-state index contributed by atoms with van der Waals surface area (Å²) < 4.78 is 10.7.